The van der Waals surface area contributed by atoms with E-state index in [1.807, 2.05) is 12.1 Å². The molecule has 0 saturated heterocycles. The summed E-state index contributed by atoms with van der Waals surface area (Å²) in [6.45, 7) is 2.08. The van der Waals surface area contributed by atoms with E-state index in [0.29, 0.717) is 0 Å². The predicted octanol–water partition coefficient (Wildman–Crippen LogP) is -1.28. The second kappa shape index (κ2) is 3.36. The van der Waals surface area contributed by atoms with Crippen LogP contribution < -0.4 is 29.6 Å². The van der Waals surface area contributed by atoms with Gasteiger partial charge in [0.1, 0.15) is 0 Å². The number of rotatable bonds is 0. The molecule has 0 spiro atoms. The van der Waals surface area contributed by atoms with Crippen molar-refractivity contribution in [2.45, 2.75) is 6.92 Å². The van der Waals surface area contributed by atoms with Gasteiger partial charge in [-0.05, 0) is 0 Å². The van der Waals surface area contributed by atoms with Gasteiger partial charge in [-0.15, -0.1) is 0 Å². The molecule has 0 fully saturated rings. The normalized spacial score (nSPS) is 7.57. The third-order valence-electron chi connectivity index (χ3n) is 0.829. The van der Waals surface area contributed by atoms with Crippen molar-refractivity contribution in [2.75, 3.05) is 0 Å². The zero-order valence-electron chi connectivity index (χ0n) is 4.81. The smallest absolute Gasteiger partial charge is 0.213 e. The Kier molecular flexibility index (Phi) is 3.53. The second-order valence-corrected chi connectivity index (χ2v) is 1.46. The molecular formula is C6H7Na. The summed E-state index contributed by atoms with van der Waals surface area (Å²) in [5.41, 5.74) is 1.34. The van der Waals surface area contributed by atoms with Gasteiger partial charge >= 0.3 is 29.6 Å². The van der Waals surface area contributed by atoms with Crippen LogP contribution in [-0.2, 0) is 0 Å². The van der Waals surface area contributed by atoms with E-state index in [1.54, 1.807) is 0 Å². The Morgan fingerprint density at radius 2 is 1.57 bits per heavy atom. The molecule has 0 nitrogen and oxygen atoms in total. The van der Waals surface area contributed by atoms with Gasteiger partial charge in [0, 0.05) is 0 Å². The second-order valence-electron chi connectivity index (χ2n) is 1.46. The first-order valence-corrected chi connectivity index (χ1v) is 2.08. The van der Waals surface area contributed by atoms with Crippen molar-refractivity contribution in [3.63, 3.8) is 0 Å². The summed E-state index contributed by atoms with van der Waals surface area (Å²) in [6, 6.07) is 8.24. The van der Waals surface area contributed by atoms with Gasteiger partial charge in [-0.3, -0.25) is 0 Å². The van der Waals surface area contributed by atoms with E-state index >= 15 is 0 Å². The standard InChI is InChI=1S/C6H7.Na/c1-6-4-2-3-5-6;/h2-5H,1H3;/q-1;+1. The Labute approximate surface area is 66.2 Å². The zero-order valence-corrected chi connectivity index (χ0v) is 6.81. The average molecular weight is 102 g/mol. The van der Waals surface area contributed by atoms with Gasteiger partial charge in [0.15, 0.2) is 0 Å². The van der Waals surface area contributed by atoms with Gasteiger partial charge in [0.2, 0.25) is 0 Å². The van der Waals surface area contributed by atoms with Gasteiger partial charge in [-0.2, -0.15) is 17.7 Å². The minimum absolute atomic E-state index is 0. The van der Waals surface area contributed by atoms with Crippen LogP contribution in [-0.4, -0.2) is 0 Å². The molecule has 0 aromatic heterocycles. The van der Waals surface area contributed by atoms with Gasteiger partial charge in [0.05, 0.1) is 0 Å². The molecule has 7 heavy (non-hydrogen) atoms. The van der Waals surface area contributed by atoms with Crippen LogP contribution in [0.4, 0.5) is 0 Å². The Bertz CT molecular complexity index is 108. The van der Waals surface area contributed by atoms with Crippen LogP contribution in [0.5, 0.6) is 0 Å². The summed E-state index contributed by atoms with van der Waals surface area (Å²) in [5.74, 6) is 0. The van der Waals surface area contributed by atoms with Crippen molar-refractivity contribution >= 4 is 0 Å². The molecule has 1 aromatic rings. The molecule has 0 aliphatic rings. The van der Waals surface area contributed by atoms with Gasteiger partial charge in [0.25, 0.3) is 0 Å². The van der Waals surface area contributed by atoms with Crippen LogP contribution in [0.2, 0.25) is 0 Å². The SMILES string of the molecule is C[c-]1cccc1.[Na+]. The van der Waals surface area contributed by atoms with Crippen LogP contribution >= 0.6 is 0 Å². The van der Waals surface area contributed by atoms with E-state index in [-0.39, 0.29) is 29.6 Å². The maximum Gasteiger partial charge on any atom is 1.00 e. The van der Waals surface area contributed by atoms with E-state index < -0.39 is 0 Å². The van der Waals surface area contributed by atoms with Crippen molar-refractivity contribution < 1.29 is 29.6 Å². The van der Waals surface area contributed by atoms with Gasteiger partial charge in [-0.25, -0.2) is 12.1 Å². The molecule has 0 atom stereocenters. The quantitative estimate of drug-likeness (QED) is 0.283. The molecule has 0 heterocycles. The van der Waals surface area contributed by atoms with Crippen LogP contribution in [0.3, 0.4) is 0 Å². The summed E-state index contributed by atoms with van der Waals surface area (Å²) >= 11 is 0. The van der Waals surface area contributed by atoms with Gasteiger partial charge in [-0.1, -0.05) is 6.92 Å². The molecular weight excluding hydrogens is 95.1 g/mol. The first kappa shape index (κ1) is 7.35. The largest absolute Gasteiger partial charge is 1.00 e. The van der Waals surface area contributed by atoms with Crippen LogP contribution in [0, 0.1) is 6.92 Å². The minimum Gasteiger partial charge on any atom is -0.213 e. The molecule has 0 saturated carbocycles. The summed E-state index contributed by atoms with van der Waals surface area (Å²) in [5, 5.41) is 0. The number of hydrogen-bond donors (Lipinski definition) is 0. The molecule has 0 radical (unpaired) electrons. The fourth-order valence-corrected chi connectivity index (χ4v) is 0.470. The average Bonchev–Trinajstić information content (AvgIpc) is 1.86. The minimum atomic E-state index is 0. The van der Waals surface area contributed by atoms with Crippen LogP contribution in [0.25, 0.3) is 0 Å². The molecule has 0 unspecified atom stereocenters. The molecule has 1 aromatic carbocycles. The Balaban J connectivity index is 0.000000360. The van der Waals surface area contributed by atoms with E-state index in [4.69, 9.17) is 0 Å². The maximum absolute atomic E-state index is 2.08. The molecule has 0 aliphatic heterocycles. The molecule has 32 valence electrons. The Morgan fingerprint density at radius 1 is 1.14 bits per heavy atom. The van der Waals surface area contributed by atoms with E-state index in [9.17, 15) is 0 Å². The molecule has 0 N–H and O–H groups in total. The maximum atomic E-state index is 2.08. The van der Waals surface area contributed by atoms with Crippen molar-refractivity contribution in [2.24, 2.45) is 0 Å². The van der Waals surface area contributed by atoms with Crippen molar-refractivity contribution in [3.8, 4) is 0 Å². The molecule has 0 bridgehead atoms. The fraction of sp³-hybridized carbons (Fsp3) is 0.167. The molecule has 1 rings (SSSR count). The monoisotopic (exact) mass is 102 g/mol. The van der Waals surface area contributed by atoms with Gasteiger partial charge < -0.3 is 0 Å². The van der Waals surface area contributed by atoms with Crippen molar-refractivity contribution in [3.05, 3.63) is 29.8 Å². The summed E-state index contributed by atoms with van der Waals surface area (Å²) < 4.78 is 0. The summed E-state index contributed by atoms with van der Waals surface area (Å²) in [4.78, 5) is 0. The third-order valence-corrected chi connectivity index (χ3v) is 0.829. The first-order valence-electron chi connectivity index (χ1n) is 2.08. The predicted molar refractivity (Wildman–Crippen MR) is 26.8 cm³/mol. The molecule has 1 heteroatoms. The third kappa shape index (κ3) is 2.22. The van der Waals surface area contributed by atoms with E-state index in [2.05, 4.69) is 19.1 Å². The fourth-order valence-electron chi connectivity index (χ4n) is 0.470. The zero-order chi connectivity index (χ0) is 4.41. The number of hydrogen-bond acceptors (Lipinski definition) is 0. The summed E-state index contributed by atoms with van der Waals surface area (Å²) in [7, 11) is 0. The molecule has 0 amide bonds. The van der Waals surface area contributed by atoms with Crippen molar-refractivity contribution in [1.29, 1.82) is 0 Å². The van der Waals surface area contributed by atoms with E-state index in [1.165, 1.54) is 5.56 Å². The number of aryl methyl sites for hydroxylation is 1. The van der Waals surface area contributed by atoms with Crippen LogP contribution in [0.1, 0.15) is 5.56 Å². The van der Waals surface area contributed by atoms with Crippen LogP contribution in [0.15, 0.2) is 24.3 Å². The van der Waals surface area contributed by atoms with E-state index in [0.717, 1.165) is 0 Å². The topological polar surface area (TPSA) is 0 Å². The Hall–Kier alpha value is 0.350. The molecule has 0 aliphatic carbocycles. The van der Waals surface area contributed by atoms with Crippen molar-refractivity contribution in [1.82, 2.24) is 0 Å². The first-order chi connectivity index (χ1) is 2.89. The summed E-state index contributed by atoms with van der Waals surface area (Å²) in [6.07, 6.45) is 0. The Morgan fingerprint density at radius 3 is 1.71 bits per heavy atom.